The first kappa shape index (κ1) is 19.7. The van der Waals surface area contributed by atoms with Crippen LogP contribution in [0.3, 0.4) is 0 Å². The SMILES string of the molecule is CC(=O)[C@H](C(=O)c1ccccc1)[C@@H](c1ccccc1)S(=O)(=O)c1ccccc1. The number of hydrogen-bond donors (Lipinski definition) is 0. The van der Waals surface area contributed by atoms with Gasteiger partial charge in [-0.1, -0.05) is 78.9 Å². The maximum atomic E-state index is 13.5. The Kier molecular flexibility index (Phi) is 5.85. The van der Waals surface area contributed by atoms with E-state index in [2.05, 4.69) is 0 Å². The van der Waals surface area contributed by atoms with Gasteiger partial charge in [0.15, 0.2) is 15.6 Å². The summed E-state index contributed by atoms with van der Waals surface area (Å²) in [6, 6.07) is 24.7. The van der Waals surface area contributed by atoms with E-state index in [9.17, 15) is 18.0 Å². The monoisotopic (exact) mass is 392 g/mol. The van der Waals surface area contributed by atoms with Gasteiger partial charge in [-0.3, -0.25) is 9.59 Å². The van der Waals surface area contributed by atoms with Crippen LogP contribution in [0.5, 0.6) is 0 Å². The third-order valence-corrected chi connectivity index (χ3v) is 6.76. The molecule has 0 spiro atoms. The maximum absolute atomic E-state index is 13.5. The van der Waals surface area contributed by atoms with Crippen LogP contribution in [0.4, 0.5) is 0 Å². The van der Waals surface area contributed by atoms with E-state index in [0.29, 0.717) is 11.1 Å². The fourth-order valence-electron chi connectivity index (χ4n) is 3.27. The number of rotatable bonds is 7. The molecule has 0 heterocycles. The molecule has 0 radical (unpaired) electrons. The standard InChI is InChI=1S/C23H20O4S/c1-17(24)21(22(25)18-11-5-2-6-12-18)23(19-13-7-3-8-14-19)28(26,27)20-15-9-4-10-16-20/h2-16,21,23H,1H3/t21-,23-/m1/s1. The van der Waals surface area contributed by atoms with Gasteiger partial charge in [-0.05, 0) is 24.6 Å². The normalized spacial score (nSPS) is 13.5. The topological polar surface area (TPSA) is 68.3 Å². The highest BCUT2D eigenvalue weighted by Crippen LogP contribution is 2.37. The van der Waals surface area contributed by atoms with Crippen molar-refractivity contribution in [3.05, 3.63) is 102 Å². The van der Waals surface area contributed by atoms with Crippen molar-refractivity contribution in [1.82, 2.24) is 0 Å². The van der Waals surface area contributed by atoms with Gasteiger partial charge in [-0.2, -0.15) is 0 Å². The van der Waals surface area contributed by atoms with Gasteiger partial charge in [0.1, 0.15) is 17.0 Å². The van der Waals surface area contributed by atoms with E-state index >= 15 is 0 Å². The minimum Gasteiger partial charge on any atom is -0.299 e. The number of carbonyl (C=O) groups excluding carboxylic acids is 2. The largest absolute Gasteiger partial charge is 0.299 e. The zero-order valence-electron chi connectivity index (χ0n) is 15.4. The first-order valence-electron chi connectivity index (χ1n) is 8.86. The van der Waals surface area contributed by atoms with Gasteiger partial charge in [-0.25, -0.2) is 8.42 Å². The molecule has 28 heavy (non-hydrogen) atoms. The molecule has 3 rings (SSSR count). The Hall–Kier alpha value is -3.05. The van der Waals surface area contributed by atoms with Crippen molar-refractivity contribution >= 4 is 21.4 Å². The Morgan fingerprint density at radius 2 is 1.18 bits per heavy atom. The van der Waals surface area contributed by atoms with Gasteiger partial charge in [0.2, 0.25) is 0 Å². The quantitative estimate of drug-likeness (QED) is 0.444. The second-order valence-electron chi connectivity index (χ2n) is 6.51. The van der Waals surface area contributed by atoms with Crippen molar-refractivity contribution < 1.29 is 18.0 Å². The van der Waals surface area contributed by atoms with Crippen LogP contribution in [0.1, 0.15) is 28.1 Å². The Morgan fingerprint density at radius 1 is 0.714 bits per heavy atom. The van der Waals surface area contributed by atoms with E-state index in [4.69, 9.17) is 0 Å². The Labute approximate surface area is 164 Å². The van der Waals surface area contributed by atoms with Gasteiger partial charge >= 0.3 is 0 Å². The minimum absolute atomic E-state index is 0.0796. The average Bonchev–Trinajstić information content (AvgIpc) is 2.73. The fourth-order valence-corrected chi connectivity index (χ4v) is 5.29. The van der Waals surface area contributed by atoms with E-state index in [1.54, 1.807) is 78.9 Å². The lowest BCUT2D eigenvalue weighted by molar-refractivity contribution is -0.119. The summed E-state index contributed by atoms with van der Waals surface area (Å²) in [6.07, 6.45) is 0. The van der Waals surface area contributed by atoms with E-state index in [0.717, 1.165) is 0 Å². The molecule has 0 aliphatic heterocycles. The molecule has 142 valence electrons. The smallest absolute Gasteiger partial charge is 0.186 e. The average molecular weight is 392 g/mol. The molecule has 0 unspecified atom stereocenters. The van der Waals surface area contributed by atoms with Crippen molar-refractivity contribution in [3.8, 4) is 0 Å². The van der Waals surface area contributed by atoms with Crippen LogP contribution in [0.25, 0.3) is 0 Å². The number of ketones is 2. The lowest BCUT2D eigenvalue weighted by Crippen LogP contribution is -2.33. The number of carbonyl (C=O) groups is 2. The molecule has 0 fully saturated rings. The third-order valence-electron chi connectivity index (χ3n) is 4.62. The fraction of sp³-hybridized carbons (Fsp3) is 0.130. The predicted octanol–water partition coefficient (Wildman–Crippen LogP) is 4.29. The van der Waals surface area contributed by atoms with Gasteiger partial charge in [0, 0.05) is 5.56 Å². The van der Waals surface area contributed by atoms with E-state index in [1.807, 2.05) is 0 Å². The summed E-state index contributed by atoms with van der Waals surface area (Å²) in [6.45, 7) is 1.27. The van der Waals surface area contributed by atoms with E-state index in [1.165, 1.54) is 19.1 Å². The molecule has 2 atom stereocenters. The maximum Gasteiger partial charge on any atom is 0.186 e. The van der Waals surface area contributed by atoms with Crippen LogP contribution >= 0.6 is 0 Å². The molecule has 0 N–H and O–H groups in total. The summed E-state index contributed by atoms with van der Waals surface area (Å²) in [7, 11) is -3.99. The summed E-state index contributed by atoms with van der Waals surface area (Å²) in [5.41, 5.74) is 0.725. The zero-order chi connectivity index (χ0) is 20.1. The molecule has 0 saturated heterocycles. The van der Waals surface area contributed by atoms with Crippen molar-refractivity contribution in [2.24, 2.45) is 5.92 Å². The molecule has 0 aromatic heterocycles. The highest BCUT2D eigenvalue weighted by atomic mass is 32.2. The second-order valence-corrected chi connectivity index (χ2v) is 8.58. The number of hydrogen-bond acceptors (Lipinski definition) is 4. The van der Waals surface area contributed by atoms with Crippen molar-refractivity contribution in [2.45, 2.75) is 17.1 Å². The Morgan fingerprint density at radius 3 is 1.68 bits per heavy atom. The molecule has 0 amide bonds. The molecular formula is C23H20O4S. The number of Topliss-reactive ketones (excluding diaryl/α,β-unsaturated/α-hetero) is 2. The molecule has 0 bridgehead atoms. The summed E-state index contributed by atoms with van der Waals surface area (Å²) in [5, 5.41) is -1.30. The first-order chi connectivity index (χ1) is 13.4. The molecule has 3 aromatic carbocycles. The lowest BCUT2D eigenvalue weighted by atomic mass is 9.88. The van der Waals surface area contributed by atoms with Crippen molar-refractivity contribution in [2.75, 3.05) is 0 Å². The molecule has 0 aliphatic rings. The van der Waals surface area contributed by atoms with Gasteiger partial charge in [0.25, 0.3) is 0 Å². The van der Waals surface area contributed by atoms with Gasteiger partial charge in [-0.15, -0.1) is 0 Å². The van der Waals surface area contributed by atoms with Crippen LogP contribution in [0.15, 0.2) is 95.9 Å². The van der Waals surface area contributed by atoms with E-state index < -0.39 is 32.6 Å². The summed E-state index contributed by atoms with van der Waals surface area (Å²) >= 11 is 0. The van der Waals surface area contributed by atoms with Crippen LogP contribution in [0.2, 0.25) is 0 Å². The predicted molar refractivity (Wildman–Crippen MR) is 108 cm³/mol. The highest BCUT2D eigenvalue weighted by molar-refractivity contribution is 7.91. The summed E-state index contributed by atoms with van der Waals surface area (Å²) in [4.78, 5) is 25.8. The van der Waals surface area contributed by atoms with Crippen molar-refractivity contribution in [1.29, 1.82) is 0 Å². The number of sulfone groups is 1. The summed E-state index contributed by atoms with van der Waals surface area (Å²) in [5.74, 6) is -2.32. The van der Waals surface area contributed by atoms with Crippen LogP contribution in [-0.2, 0) is 14.6 Å². The first-order valence-corrected chi connectivity index (χ1v) is 10.4. The van der Waals surface area contributed by atoms with Crippen LogP contribution in [-0.4, -0.2) is 20.0 Å². The lowest BCUT2D eigenvalue weighted by Gasteiger charge is -2.25. The Bertz CT molecular complexity index is 1060. The molecule has 0 aliphatic carbocycles. The molecule has 3 aromatic rings. The molecule has 0 saturated carbocycles. The molecule has 5 heteroatoms. The zero-order valence-corrected chi connectivity index (χ0v) is 16.2. The van der Waals surface area contributed by atoms with Crippen molar-refractivity contribution in [3.63, 3.8) is 0 Å². The second kappa shape index (κ2) is 8.31. The Balaban J connectivity index is 2.20. The van der Waals surface area contributed by atoms with Gasteiger partial charge < -0.3 is 0 Å². The number of benzene rings is 3. The highest BCUT2D eigenvalue weighted by Gasteiger charge is 2.42. The van der Waals surface area contributed by atoms with Gasteiger partial charge in [0.05, 0.1) is 4.90 Å². The molecule has 4 nitrogen and oxygen atoms in total. The van der Waals surface area contributed by atoms with Crippen LogP contribution < -0.4 is 0 Å². The minimum atomic E-state index is -3.99. The molecular weight excluding hydrogens is 372 g/mol. The third kappa shape index (κ3) is 3.94. The summed E-state index contributed by atoms with van der Waals surface area (Å²) < 4.78 is 27.0. The van der Waals surface area contributed by atoms with E-state index in [-0.39, 0.29) is 4.90 Å². The van der Waals surface area contributed by atoms with Crippen LogP contribution in [0, 0.1) is 5.92 Å².